The lowest BCUT2D eigenvalue weighted by molar-refractivity contribution is -0.137. The van der Waals surface area contributed by atoms with Crippen LogP contribution in [0.2, 0.25) is 0 Å². The molecular weight excluding hydrogens is 225 g/mol. The zero-order valence-corrected chi connectivity index (χ0v) is 9.66. The average molecular weight is 239 g/mol. The fourth-order valence-electron chi connectivity index (χ4n) is 1.49. The van der Waals surface area contributed by atoms with Crippen LogP contribution in [0.1, 0.15) is 29.3 Å². The number of amides is 1. The molecule has 1 aromatic carbocycles. The second kappa shape index (κ2) is 5.43. The molecule has 5 heteroatoms. The Morgan fingerprint density at radius 2 is 2.06 bits per heavy atom. The molecule has 0 heterocycles. The van der Waals surface area contributed by atoms with Gasteiger partial charge in [-0.25, -0.2) is 4.39 Å². The summed E-state index contributed by atoms with van der Waals surface area (Å²) in [4.78, 5) is 22.1. The molecule has 92 valence electrons. The van der Waals surface area contributed by atoms with Crippen LogP contribution in [0.15, 0.2) is 18.2 Å². The number of rotatable bonds is 4. The normalized spacial score (nSPS) is 11.9. The number of aliphatic carboxylic acids is 1. The van der Waals surface area contributed by atoms with Crippen molar-refractivity contribution in [2.75, 3.05) is 0 Å². The lowest BCUT2D eigenvalue weighted by Crippen LogP contribution is -2.34. The van der Waals surface area contributed by atoms with Gasteiger partial charge >= 0.3 is 5.97 Å². The van der Waals surface area contributed by atoms with Crippen LogP contribution in [0.3, 0.4) is 0 Å². The molecule has 1 amide bonds. The predicted molar refractivity (Wildman–Crippen MR) is 60.3 cm³/mol. The van der Waals surface area contributed by atoms with Gasteiger partial charge in [-0.1, -0.05) is 0 Å². The molecule has 1 rings (SSSR count). The minimum absolute atomic E-state index is 0.167. The number of carboxylic acids is 1. The van der Waals surface area contributed by atoms with Gasteiger partial charge in [-0.2, -0.15) is 0 Å². The highest BCUT2D eigenvalue weighted by molar-refractivity contribution is 5.94. The molecule has 0 spiro atoms. The molecule has 0 aliphatic rings. The number of carbonyl (C=O) groups excluding carboxylic acids is 1. The Bertz CT molecular complexity index is 425. The molecule has 0 aromatic heterocycles. The largest absolute Gasteiger partial charge is 0.481 e. The van der Waals surface area contributed by atoms with Gasteiger partial charge in [0.1, 0.15) is 5.82 Å². The molecule has 2 N–H and O–H groups in total. The van der Waals surface area contributed by atoms with Crippen molar-refractivity contribution in [2.45, 2.75) is 26.3 Å². The second-order valence-corrected chi connectivity index (χ2v) is 3.99. The first-order chi connectivity index (χ1) is 7.88. The van der Waals surface area contributed by atoms with Crippen molar-refractivity contribution in [3.8, 4) is 0 Å². The van der Waals surface area contributed by atoms with E-state index < -0.39 is 23.7 Å². The highest BCUT2D eigenvalue weighted by Crippen LogP contribution is 2.08. The highest BCUT2D eigenvalue weighted by Gasteiger charge is 2.13. The van der Waals surface area contributed by atoms with E-state index in [9.17, 15) is 14.0 Å². The Kier molecular flexibility index (Phi) is 4.20. The molecule has 0 saturated heterocycles. The lowest BCUT2D eigenvalue weighted by atomic mass is 10.1. The fourth-order valence-corrected chi connectivity index (χ4v) is 1.49. The number of carboxylic acid groups (broad SMARTS) is 1. The summed E-state index contributed by atoms with van der Waals surface area (Å²) in [5.41, 5.74) is 0.834. The highest BCUT2D eigenvalue weighted by atomic mass is 19.1. The summed E-state index contributed by atoms with van der Waals surface area (Å²) in [6.07, 6.45) is -0.167. The average Bonchev–Trinajstić information content (AvgIpc) is 2.14. The van der Waals surface area contributed by atoms with Gasteiger partial charge in [0.05, 0.1) is 6.42 Å². The smallest absolute Gasteiger partial charge is 0.305 e. The molecule has 17 heavy (non-hydrogen) atoms. The van der Waals surface area contributed by atoms with Crippen LogP contribution in [0.4, 0.5) is 4.39 Å². The van der Waals surface area contributed by atoms with Crippen molar-refractivity contribution in [1.82, 2.24) is 5.32 Å². The van der Waals surface area contributed by atoms with Gasteiger partial charge in [0.15, 0.2) is 0 Å². The van der Waals surface area contributed by atoms with Crippen molar-refractivity contribution < 1.29 is 19.1 Å². The maximum absolute atomic E-state index is 13.1. The zero-order valence-electron chi connectivity index (χ0n) is 9.66. The van der Waals surface area contributed by atoms with Crippen molar-refractivity contribution in [1.29, 1.82) is 0 Å². The lowest BCUT2D eigenvalue weighted by Gasteiger charge is -2.11. The van der Waals surface area contributed by atoms with Crippen LogP contribution < -0.4 is 5.32 Å². The Morgan fingerprint density at radius 1 is 1.41 bits per heavy atom. The standard InChI is InChI=1S/C12H14FNO3/c1-7-3-9(6-10(13)4-7)12(17)14-8(2)5-11(15)16/h3-4,6,8H,5H2,1-2H3,(H,14,17)(H,15,16). The van der Waals surface area contributed by atoms with Crippen LogP contribution in [0.25, 0.3) is 0 Å². The number of nitrogens with one attached hydrogen (secondary N) is 1. The zero-order chi connectivity index (χ0) is 13.0. The minimum Gasteiger partial charge on any atom is -0.481 e. The molecular formula is C12H14FNO3. The predicted octanol–water partition coefficient (Wildman–Crippen LogP) is 1.73. The summed E-state index contributed by atoms with van der Waals surface area (Å²) in [5.74, 6) is -1.95. The first-order valence-corrected chi connectivity index (χ1v) is 5.18. The first kappa shape index (κ1) is 13.2. The molecule has 4 nitrogen and oxygen atoms in total. The molecule has 0 saturated carbocycles. The van der Waals surface area contributed by atoms with Crippen LogP contribution >= 0.6 is 0 Å². The van der Waals surface area contributed by atoms with Crippen molar-refractivity contribution in [2.24, 2.45) is 0 Å². The number of aryl methyl sites for hydroxylation is 1. The van der Waals surface area contributed by atoms with Gasteiger partial charge in [0.2, 0.25) is 0 Å². The van der Waals surface area contributed by atoms with E-state index in [-0.39, 0.29) is 12.0 Å². The third-order valence-electron chi connectivity index (χ3n) is 2.16. The van der Waals surface area contributed by atoms with Gasteiger partial charge < -0.3 is 10.4 Å². The van der Waals surface area contributed by atoms with E-state index in [1.54, 1.807) is 19.9 Å². The number of halogens is 1. The van der Waals surface area contributed by atoms with Crippen molar-refractivity contribution in [3.63, 3.8) is 0 Å². The fraction of sp³-hybridized carbons (Fsp3) is 0.333. The van der Waals surface area contributed by atoms with Crippen LogP contribution in [-0.4, -0.2) is 23.0 Å². The Morgan fingerprint density at radius 3 is 2.59 bits per heavy atom. The summed E-state index contributed by atoms with van der Waals surface area (Å²) >= 11 is 0. The summed E-state index contributed by atoms with van der Waals surface area (Å²) in [5, 5.41) is 11.0. The summed E-state index contributed by atoms with van der Waals surface area (Å²) < 4.78 is 13.1. The van der Waals surface area contributed by atoms with Crippen LogP contribution in [0, 0.1) is 12.7 Å². The summed E-state index contributed by atoms with van der Waals surface area (Å²) in [6, 6.07) is 3.49. The van der Waals surface area contributed by atoms with Crippen LogP contribution in [-0.2, 0) is 4.79 Å². The van der Waals surface area contributed by atoms with E-state index in [1.165, 1.54) is 6.07 Å². The third kappa shape index (κ3) is 4.22. The van der Waals surface area contributed by atoms with Crippen molar-refractivity contribution >= 4 is 11.9 Å². The van der Waals surface area contributed by atoms with Gasteiger partial charge in [-0.3, -0.25) is 9.59 Å². The van der Waals surface area contributed by atoms with E-state index in [1.807, 2.05) is 0 Å². The molecule has 0 radical (unpaired) electrons. The van der Waals surface area contributed by atoms with Crippen LogP contribution in [0.5, 0.6) is 0 Å². The number of carbonyl (C=O) groups is 2. The van der Waals surface area contributed by atoms with Gasteiger partial charge in [0.25, 0.3) is 5.91 Å². The quantitative estimate of drug-likeness (QED) is 0.840. The van der Waals surface area contributed by atoms with Gasteiger partial charge in [-0.15, -0.1) is 0 Å². The molecule has 0 aliphatic carbocycles. The molecule has 1 aromatic rings. The number of hydrogen-bond acceptors (Lipinski definition) is 2. The number of hydrogen-bond donors (Lipinski definition) is 2. The number of benzene rings is 1. The molecule has 1 atom stereocenters. The minimum atomic E-state index is -0.992. The van der Waals surface area contributed by atoms with Gasteiger partial charge in [-0.05, 0) is 37.6 Å². The van der Waals surface area contributed by atoms with Gasteiger partial charge in [0, 0.05) is 11.6 Å². The summed E-state index contributed by atoms with van der Waals surface area (Å²) in [6.45, 7) is 3.26. The maximum atomic E-state index is 13.1. The second-order valence-electron chi connectivity index (χ2n) is 3.99. The maximum Gasteiger partial charge on any atom is 0.305 e. The van der Waals surface area contributed by atoms with E-state index in [2.05, 4.69) is 5.32 Å². The monoisotopic (exact) mass is 239 g/mol. The van der Waals surface area contributed by atoms with Crippen molar-refractivity contribution in [3.05, 3.63) is 35.1 Å². The SMILES string of the molecule is Cc1cc(F)cc(C(=O)NC(C)CC(=O)O)c1. The Hall–Kier alpha value is -1.91. The van der Waals surface area contributed by atoms with E-state index in [0.29, 0.717) is 5.56 Å². The van der Waals surface area contributed by atoms with E-state index in [0.717, 1.165) is 6.07 Å². The summed E-state index contributed by atoms with van der Waals surface area (Å²) in [7, 11) is 0. The molecule has 0 fully saturated rings. The molecule has 0 aliphatic heterocycles. The Labute approximate surface area is 98.5 Å². The Balaban J connectivity index is 2.72. The molecule has 1 unspecified atom stereocenters. The third-order valence-corrected chi connectivity index (χ3v) is 2.16. The van der Waals surface area contributed by atoms with E-state index in [4.69, 9.17) is 5.11 Å². The van der Waals surface area contributed by atoms with E-state index >= 15 is 0 Å². The molecule has 0 bridgehead atoms. The first-order valence-electron chi connectivity index (χ1n) is 5.18. The topological polar surface area (TPSA) is 66.4 Å².